The summed E-state index contributed by atoms with van der Waals surface area (Å²) in [6.07, 6.45) is 2.52. The van der Waals surface area contributed by atoms with Crippen LogP contribution in [0.4, 0.5) is 15.8 Å². The molecule has 1 rings (SSSR count). The van der Waals surface area contributed by atoms with Gasteiger partial charge in [0.2, 0.25) is 0 Å². The molecule has 0 heterocycles. The van der Waals surface area contributed by atoms with Crippen LogP contribution in [0, 0.1) is 5.82 Å². The van der Waals surface area contributed by atoms with Gasteiger partial charge in [-0.25, -0.2) is 17.6 Å². The molecule has 0 bridgehead atoms. The number of hydrogen-bond acceptors (Lipinski definition) is 5. The zero-order valence-corrected chi connectivity index (χ0v) is 12.7. The van der Waals surface area contributed by atoms with E-state index in [0.29, 0.717) is 0 Å². The number of carboxylic acids is 1. The minimum atomic E-state index is -4.06. The van der Waals surface area contributed by atoms with Gasteiger partial charge in [-0.15, -0.1) is 0 Å². The molecule has 0 amide bonds. The van der Waals surface area contributed by atoms with Crippen molar-refractivity contribution in [3.8, 4) is 0 Å². The lowest BCUT2D eigenvalue weighted by atomic mass is 10.2. The van der Waals surface area contributed by atoms with E-state index in [1.165, 1.54) is 26.0 Å². The Labute approximate surface area is 127 Å². The zero-order chi connectivity index (χ0) is 17.1. The molecule has 0 aliphatic carbocycles. The van der Waals surface area contributed by atoms with Crippen molar-refractivity contribution in [2.24, 2.45) is 0 Å². The third-order valence-corrected chi connectivity index (χ3v) is 4.23. The molecular weight excluding hydrogens is 313 g/mol. The van der Waals surface area contributed by atoms with Crippen LogP contribution >= 0.6 is 0 Å². The van der Waals surface area contributed by atoms with E-state index < -0.39 is 33.2 Å². The SMILES string of the molecule is C/C(=C/C=C(\C)NS(=O)(=O)c1ccc(F)c(N)c1N)C(=O)O. The molecule has 0 aliphatic heterocycles. The van der Waals surface area contributed by atoms with Gasteiger partial charge in [0.15, 0.2) is 0 Å². The Kier molecular flexibility index (Phi) is 5.15. The topological polar surface area (TPSA) is 136 Å². The number of nitrogens with two attached hydrogens (primary N) is 2. The fourth-order valence-electron chi connectivity index (χ4n) is 1.45. The maximum absolute atomic E-state index is 13.2. The van der Waals surface area contributed by atoms with Gasteiger partial charge in [-0.3, -0.25) is 4.72 Å². The van der Waals surface area contributed by atoms with E-state index >= 15 is 0 Å². The zero-order valence-electron chi connectivity index (χ0n) is 11.9. The molecule has 7 nitrogen and oxygen atoms in total. The lowest BCUT2D eigenvalue weighted by Gasteiger charge is -2.12. The molecule has 0 spiro atoms. The second kappa shape index (κ2) is 6.48. The van der Waals surface area contributed by atoms with Crippen molar-refractivity contribution in [1.29, 1.82) is 0 Å². The number of benzene rings is 1. The number of anilines is 2. The van der Waals surface area contributed by atoms with Crippen LogP contribution in [0.2, 0.25) is 0 Å². The minimum absolute atomic E-state index is 0.0316. The first-order valence-electron chi connectivity index (χ1n) is 6.01. The fraction of sp³-hybridized carbons (Fsp3) is 0.154. The Morgan fingerprint density at radius 1 is 1.23 bits per heavy atom. The molecule has 0 unspecified atom stereocenters. The van der Waals surface area contributed by atoms with Gasteiger partial charge < -0.3 is 16.6 Å². The number of allylic oxidation sites excluding steroid dienone is 3. The van der Waals surface area contributed by atoms with Gasteiger partial charge in [-0.2, -0.15) is 0 Å². The Balaban J connectivity index is 3.12. The molecule has 0 saturated heterocycles. The molecule has 0 atom stereocenters. The summed E-state index contributed by atoms with van der Waals surface area (Å²) in [5.41, 5.74) is 10.2. The molecule has 0 aromatic heterocycles. The first-order valence-corrected chi connectivity index (χ1v) is 7.49. The molecule has 120 valence electrons. The molecule has 0 radical (unpaired) electrons. The molecule has 6 N–H and O–H groups in total. The van der Waals surface area contributed by atoms with Crippen LogP contribution in [0.1, 0.15) is 13.8 Å². The summed E-state index contributed by atoms with van der Waals surface area (Å²) in [4.78, 5) is 10.3. The van der Waals surface area contributed by atoms with Crippen LogP contribution < -0.4 is 16.2 Å². The van der Waals surface area contributed by atoms with Crippen LogP contribution in [0.15, 0.2) is 40.5 Å². The second-order valence-corrected chi connectivity index (χ2v) is 6.13. The van der Waals surface area contributed by atoms with Crippen molar-refractivity contribution in [3.05, 3.63) is 41.4 Å². The molecule has 1 aromatic carbocycles. The third kappa shape index (κ3) is 3.98. The Morgan fingerprint density at radius 3 is 2.36 bits per heavy atom. The third-order valence-electron chi connectivity index (χ3n) is 2.70. The fourth-order valence-corrected chi connectivity index (χ4v) is 2.69. The van der Waals surface area contributed by atoms with E-state index in [2.05, 4.69) is 4.72 Å². The molecule has 9 heteroatoms. The van der Waals surface area contributed by atoms with Crippen molar-refractivity contribution in [2.45, 2.75) is 18.7 Å². The number of nitrogens with one attached hydrogen (secondary N) is 1. The molecular formula is C13H16FN3O4S. The quantitative estimate of drug-likeness (QED) is 0.364. The van der Waals surface area contributed by atoms with Crippen molar-refractivity contribution < 1.29 is 22.7 Å². The first kappa shape index (κ1) is 17.5. The maximum atomic E-state index is 13.2. The number of hydrogen-bond donors (Lipinski definition) is 4. The van der Waals surface area contributed by atoms with Crippen LogP contribution in [0.3, 0.4) is 0 Å². The normalized spacial score (nSPS) is 13.0. The van der Waals surface area contributed by atoms with E-state index in [1.54, 1.807) is 0 Å². The van der Waals surface area contributed by atoms with Crippen molar-refractivity contribution in [2.75, 3.05) is 11.5 Å². The summed E-state index contributed by atoms with van der Waals surface area (Å²) in [6.45, 7) is 2.78. The Bertz CT molecular complexity index is 770. The molecule has 22 heavy (non-hydrogen) atoms. The summed E-state index contributed by atoms with van der Waals surface area (Å²) in [6, 6.07) is 1.89. The van der Waals surface area contributed by atoms with Crippen LogP contribution in [-0.2, 0) is 14.8 Å². The monoisotopic (exact) mass is 329 g/mol. The van der Waals surface area contributed by atoms with Gasteiger partial charge >= 0.3 is 5.97 Å². The summed E-state index contributed by atoms with van der Waals surface area (Å²) in [7, 11) is -4.06. The van der Waals surface area contributed by atoms with Gasteiger partial charge in [0.25, 0.3) is 10.0 Å². The molecule has 0 fully saturated rings. The number of nitrogen functional groups attached to an aromatic ring is 2. The van der Waals surface area contributed by atoms with Crippen LogP contribution in [-0.4, -0.2) is 19.5 Å². The average Bonchev–Trinajstić information content (AvgIpc) is 2.41. The minimum Gasteiger partial charge on any atom is -0.478 e. The Morgan fingerprint density at radius 2 is 1.82 bits per heavy atom. The van der Waals surface area contributed by atoms with Crippen LogP contribution in [0.25, 0.3) is 0 Å². The van der Waals surface area contributed by atoms with Gasteiger partial charge in [0.1, 0.15) is 10.7 Å². The number of aliphatic carboxylic acids is 1. The lowest BCUT2D eigenvalue weighted by Crippen LogP contribution is -2.23. The van der Waals surface area contributed by atoms with Gasteiger partial charge in [0, 0.05) is 11.3 Å². The number of rotatable bonds is 5. The number of carboxylic acid groups (broad SMARTS) is 1. The highest BCUT2D eigenvalue weighted by molar-refractivity contribution is 7.89. The van der Waals surface area contributed by atoms with E-state index in [-0.39, 0.29) is 16.2 Å². The smallest absolute Gasteiger partial charge is 0.331 e. The summed E-state index contributed by atoms with van der Waals surface area (Å²) in [5.74, 6) is -1.94. The highest BCUT2D eigenvalue weighted by Gasteiger charge is 2.20. The second-order valence-electron chi connectivity index (χ2n) is 4.48. The lowest BCUT2D eigenvalue weighted by molar-refractivity contribution is -0.132. The standard InChI is InChI=1S/C13H16FN3O4S/c1-7(13(18)19)3-4-8(2)17-22(20,21)10-6-5-9(14)11(15)12(10)16/h3-6,17H,15-16H2,1-2H3,(H,18,19)/b7-3-,8-4+. The van der Waals surface area contributed by atoms with Gasteiger partial charge in [-0.1, -0.05) is 6.08 Å². The van der Waals surface area contributed by atoms with Crippen molar-refractivity contribution >= 4 is 27.4 Å². The van der Waals surface area contributed by atoms with E-state index in [1.807, 2.05) is 0 Å². The summed E-state index contributed by atoms with van der Waals surface area (Å²) < 4.78 is 39.7. The summed E-state index contributed by atoms with van der Waals surface area (Å²) >= 11 is 0. The average molecular weight is 329 g/mol. The van der Waals surface area contributed by atoms with Crippen LogP contribution in [0.5, 0.6) is 0 Å². The predicted octanol–water partition coefficient (Wildman–Crippen LogP) is 1.20. The van der Waals surface area contributed by atoms with Crippen molar-refractivity contribution in [1.82, 2.24) is 4.72 Å². The number of halogens is 1. The predicted molar refractivity (Wildman–Crippen MR) is 80.7 cm³/mol. The summed E-state index contributed by atoms with van der Waals surface area (Å²) in [5, 5.41) is 8.70. The largest absolute Gasteiger partial charge is 0.478 e. The number of sulfonamides is 1. The van der Waals surface area contributed by atoms with E-state index in [0.717, 1.165) is 12.1 Å². The van der Waals surface area contributed by atoms with Gasteiger partial charge in [0.05, 0.1) is 11.4 Å². The molecule has 0 aliphatic rings. The van der Waals surface area contributed by atoms with Gasteiger partial charge in [-0.05, 0) is 32.1 Å². The van der Waals surface area contributed by atoms with Crippen molar-refractivity contribution in [3.63, 3.8) is 0 Å². The molecule has 0 saturated carbocycles. The van der Waals surface area contributed by atoms with E-state index in [9.17, 15) is 17.6 Å². The molecule has 1 aromatic rings. The highest BCUT2D eigenvalue weighted by atomic mass is 32.2. The Hall–Kier alpha value is -2.55. The highest BCUT2D eigenvalue weighted by Crippen LogP contribution is 2.27. The first-order chi connectivity index (χ1) is 10.1. The van der Waals surface area contributed by atoms with E-state index in [4.69, 9.17) is 16.6 Å². The maximum Gasteiger partial charge on any atom is 0.331 e. The number of carbonyl (C=O) groups is 1.